The van der Waals surface area contributed by atoms with Crippen molar-refractivity contribution in [3.05, 3.63) is 83.6 Å². The number of aromatic nitrogens is 1. The zero-order valence-corrected chi connectivity index (χ0v) is 17.3. The Morgan fingerprint density at radius 1 is 1.09 bits per heavy atom. The molecule has 8 heteroatoms. The molecule has 0 atom stereocenters. The average Bonchev–Trinajstić information content (AvgIpc) is 2.82. The predicted octanol–water partition coefficient (Wildman–Crippen LogP) is 4.36. The van der Waals surface area contributed by atoms with Gasteiger partial charge < -0.3 is 19.7 Å². The molecule has 0 saturated carbocycles. The first-order chi connectivity index (χ1) is 15.6. The van der Waals surface area contributed by atoms with Gasteiger partial charge in [0.25, 0.3) is 5.91 Å². The number of carbonyl (C=O) groups excluding carboxylic acids is 1. The van der Waals surface area contributed by atoms with Gasteiger partial charge >= 0.3 is 6.61 Å². The lowest BCUT2D eigenvalue weighted by Gasteiger charge is -2.29. The molecule has 0 bridgehead atoms. The number of benzene rings is 2. The van der Waals surface area contributed by atoms with Crippen molar-refractivity contribution in [2.24, 2.45) is 0 Å². The van der Waals surface area contributed by atoms with Crippen LogP contribution in [0.25, 0.3) is 0 Å². The molecule has 0 spiro atoms. The maximum absolute atomic E-state index is 13.0. The third kappa shape index (κ3) is 5.39. The number of alkyl halides is 2. The van der Waals surface area contributed by atoms with E-state index in [0.717, 1.165) is 5.56 Å². The summed E-state index contributed by atoms with van der Waals surface area (Å²) >= 11 is 0. The number of halogens is 2. The van der Waals surface area contributed by atoms with Crippen LogP contribution in [0.3, 0.4) is 0 Å². The van der Waals surface area contributed by atoms with Crippen LogP contribution in [0, 0.1) is 0 Å². The van der Waals surface area contributed by atoms with E-state index in [-0.39, 0.29) is 11.7 Å². The number of nitrogens with one attached hydrogen (secondary N) is 1. The summed E-state index contributed by atoms with van der Waals surface area (Å²) in [7, 11) is 0. The summed E-state index contributed by atoms with van der Waals surface area (Å²) in [5.74, 6) is 0.348. The number of rotatable bonds is 7. The molecule has 0 radical (unpaired) electrons. The van der Waals surface area contributed by atoms with Crippen LogP contribution in [-0.2, 0) is 11.2 Å². The third-order valence-corrected chi connectivity index (χ3v) is 5.11. The summed E-state index contributed by atoms with van der Waals surface area (Å²) < 4.78 is 35.8. The number of hydrogen-bond donors (Lipinski definition) is 1. The molecule has 1 saturated heterocycles. The SMILES string of the molecule is O=C(Nc1ccc(OC(F)F)c(Cc2ccccc2)c1)c1cccnc1N1CCOCC1. The van der Waals surface area contributed by atoms with Gasteiger partial charge in [-0.05, 0) is 35.9 Å². The molecule has 0 unspecified atom stereocenters. The van der Waals surface area contributed by atoms with Gasteiger partial charge in [-0.15, -0.1) is 0 Å². The smallest absolute Gasteiger partial charge is 0.387 e. The van der Waals surface area contributed by atoms with E-state index in [1.165, 1.54) is 6.07 Å². The summed E-state index contributed by atoms with van der Waals surface area (Å²) in [6, 6.07) is 17.5. The Kier molecular flexibility index (Phi) is 6.91. The summed E-state index contributed by atoms with van der Waals surface area (Å²) in [4.78, 5) is 19.5. The molecular weight excluding hydrogens is 416 g/mol. The first-order valence-electron chi connectivity index (χ1n) is 10.3. The minimum absolute atomic E-state index is 0.0808. The molecule has 1 fully saturated rings. The molecule has 1 amide bonds. The molecule has 1 aliphatic heterocycles. The molecule has 32 heavy (non-hydrogen) atoms. The maximum Gasteiger partial charge on any atom is 0.387 e. The van der Waals surface area contributed by atoms with E-state index in [0.29, 0.717) is 55.4 Å². The van der Waals surface area contributed by atoms with E-state index in [1.54, 1.807) is 30.5 Å². The van der Waals surface area contributed by atoms with Gasteiger partial charge in [-0.25, -0.2) is 4.98 Å². The quantitative estimate of drug-likeness (QED) is 0.593. The van der Waals surface area contributed by atoms with Crippen LogP contribution >= 0.6 is 0 Å². The van der Waals surface area contributed by atoms with Crippen LogP contribution in [-0.4, -0.2) is 43.8 Å². The highest BCUT2D eigenvalue weighted by atomic mass is 19.3. The number of pyridine rings is 1. The molecule has 0 aliphatic carbocycles. The van der Waals surface area contributed by atoms with E-state index >= 15 is 0 Å². The highest BCUT2D eigenvalue weighted by Crippen LogP contribution is 2.28. The summed E-state index contributed by atoms with van der Waals surface area (Å²) in [5.41, 5.74) is 2.41. The van der Waals surface area contributed by atoms with Gasteiger partial charge in [0.1, 0.15) is 11.6 Å². The fourth-order valence-electron chi connectivity index (χ4n) is 3.62. The fourth-order valence-corrected chi connectivity index (χ4v) is 3.62. The molecule has 1 aromatic heterocycles. The Labute approximate surface area is 184 Å². The van der Waals surface area contributed by atoms with Crippen LogP contribution in [0.1, 0.15) is 21.5 Å². The van der Waals surface area contributed by atoms with Crippen LogP contribution in [0.4, 0.5) is 20.3 Å². The summed E-state index contributed by atoms with van der Waals surface area (Å²) in [5, 5.41) is 2.86. The normalized spacial score (nSPS) is 13.8. The average molecular weight is 439 g/mol. The highest BCUT2D eigenvalue weighted by molar-refractivity contribution is 6.07. The van der Waals surface area contributed by atoms with E-state index in [9.17, 15) is 13.6 Å². The third-order valence-electron chi connectivity index (χ3n) is 5.11. The second-order valence-corrected chi connectivity index (χ2v) is 7.29. The Morgan fingerprint density at radius 3 is 2.62 bits per heavy atom. The summed E-state index contributed by atoms with van der Waals surface area (Å²) in [6.07, 6.45) is 2.04. The van der Waals surface area contributed by atoms with Crippen molar-refractivity contribution in [1.29, 1.82) is 0 Å². The van der Waals surface area contributed by atoms with Gasteiger partial charge in [0.15, 0.2) is 0 Å². The second kappa shape index (κ2) is 10.2. The van der Waals surface area contributed by atoms with Crippen molar-refractivity contribution < 1.29 is 23.0 Å². The predicted molar refractivity (Wildman–Crippen MR) is 118 cm³/mol. The van der Waals surface area contributed by atoms with Crippen molar-refractivity contribution in [2.75, 3.05) is 36.5 Å². The number of nitrogens with zero attached hydrogens (tertiary/aromatic N) is 2. The van der Waals surface area contributed by atoms with Crippen molar-refractivity contribution in [1.82, 2.24) is 4.98 Å². The molecule has 166 valence electrons. The van der Waals surface area contributed by atoms with Crippen LogP contribution < -0.4 is 15.0 Å². The largest absolute Gasteiger partial charge is 0.435 e. The number of hydrogen-bond acceptors (Lipinski definition) is 5. The van der Waals surface area contributed by atoms with Crippen molar-refractivity contribution in [3.8, 4) is 5.75 Å². The second-order valence-electron chi connectivity index (χ2n) is 7.29. The van der Waals surface area contributed by atoms with Crippen LogP contribution in [0.2, 0.25) is 0 Å². The van der Waals surface area contributed by atoms with Gasteiger partial charge in [-0.1, -0.05) is 30.3 Å². The monoisotopic (exact) mass is 439 g/mol. The number of amides is 1. The number of morpholine rings is 1. The first kappa shape index (κ1) is 21.7. The molecule has 2 aromatic carbocycles. The van der Waals surface area contributed by atoms with Crippen molar-refractivity contribution in [2.45, 2.75) is 13.0 Å². The van der Waals surface area contributed by atoms with Crippen LogP contribution in [0.5, 0.6) is 5.75 Å². The van der Waals surface area contributed by atoms with Gasteiger partial charge in [0.05, 0.1) is 18.8 Å². The van der Waals surface area contributed by atoms with E-state index in [4.69, 9.17) is 4.74 Å². The standard InChI is InChI=1S/C24H23F2N3O3/c25-24(26)32-21-9-8-19(16-18(21)15-17-5-2-1-3-6-17)28-23(30)20-7-4-10-27-22(20)29-11-13-31-14-12-29/h1-10,16,24H,11-15H2,(H,28,30). The minimum Gasteiger partial charge on any atom is -0.435 e. The number of carbonyl (C=O) groups is 1. The Bertz CT molecular complexity index is 1060. The minimum atomic E-state index is -2.93. The van der Waals surface area contributed by atoms with Crippen molar-refractivity contribution >= 4 is 17.4 Å². The number of ether oxygens (including phenoxy) is 2. The van der Waals surface area contributed by atoms with Crippen molar-refractivity contribution in [3.63, 3.8) is 0 Å². The lowest BCUT2D eigenvalue weighted by molar-refractivity contribution is -0.0503. The molecule has 3 aromatic rings. The zero-order chi connectivity index (χ0) is 22.3. The molecule has 1 N–H and O–H groups in total. The number of anilines is 2. The molecular formula is C24H23F2N3O3. The lowest BCUT2D eigenvalue weighted by atomic mass is 10.0. The van der Waals surface area contributed by atoms with Gasteiger partial charge in [-0.3, -0.25) is 4.79 Å². The summed E-state index contributed by atoms with van der Waals surface area (Å²) in [6.45, 7) is -0.481. The van der Waals surface area contributed by atoms with Gasteiger partial charge in [0, 0.05) is 37.0 Å². The van der Waals surface area contributed by atoms with Crippen LogP contribution in [0.15, 0.2) is 66.9 Å². The molecule has 6 nitrogen and oxygen atoms in total. The lowest BCUT2D eigenvalue weighted by Crippen LogP contribution is -2.38. The fraction of sp³-hybridized carbons (Fsp3) is 0.250. The highest BCUT2D eigenvalue weighted by Gasteiger charge is 2.20. The molecule has 1 aliphatic rings. The first-order valence-corrected chi connectivity index (χ1v) is 10.3. The Morgan fingerprint density at radius 2 is 1.88 bits per heavy atom. The van der Waals surface area contributed by atoms with E-state index in [1.807, 2.05) is 35.2 Å². The van der Waals surface area contributed by atoms with E-state index < -0.39 is 6.61 Å². The van der Waals surface area contributed by atoms with Gasteiger partial charge in [-0.2, -0.15) is 8.78 Å². The Balaban J connectivity index is 1.58. The molecule has 2 heterocycles. The topological polar surface area (TPSA) is 63.7 Å². The van der Waals surface area contributed by atoms with Gasteiger partial charge in [0.2, 0.25) is 0 Å². The Hall–Kier alpha value is -3.52. The zero-order valence-electron chi connectivity index (χ0n) is 17.3. The maximum atomic E-state index is 13.0. The van der Waals surface area contributed by atoms with E-state index in [2.05, 4.69) is 15.0 Å². The molecule has 4 rings (SSSR count).